The highest BCUT2D eigenvalue weighted by Gasteiger charge is 2.39. The molecular formula is C16H27NO5. The molecule has 0 heterocycles. The number of rotatable bonds is 8. The monoisotopic (exact) mass is 313 g/mol. The van der Waals surface area contributed by atoms with Gasteiger partial charge in [0.1, 0.15) is 5.75 Å². The van der Waals surface area contributed by atoms with Gasteiger partial charge in [-0.1, -0.05) is 31.9 Å². The number of phenolic OH excluding ortho intramolecular Hbond substituents is 1. The van der Waals surface area contributed by atoms with Gasteiger partial charge in [0.15, 0.2) is 0 Å². The summed E-state index contributed by atoms with van der Waals surface area (Å²) in [5, 5.41) is 48.7. The van der Waals surface area contributed by atoms with Crippen molar-refractivity contribution in [2.24, 2.45) is 0 Å². The number of aryl methyl sites for hydroxylation is 1. The maximum absolute atomic E-state index is 9.93. The summed E-state index contributed by atoms with van der Waals surface area (Å²) in [5.41, 5.74) is 1.41. The molecule has 0 aliphatic rings. The maximum Gasteiger partial charge on any atom is 0.226 e. The molecule has 0 unspecified atom stereocenters. The van der Waals surface area contributed by atoms with Crippen LogP contribution in [0.3, 0.4) is 0 Å². The first-order valence-electron chi connectivity index (χ1n) is 7.53. The molecule has 126 valence electrons. The predicted octanol–water partition coefficient (Wildman–Crippen LogP) is 1.24. The second-order valence-electron chi connectivity index (χ2n) is 5.95. The van der Waals surface area contributed by atoms with E-state index in [-0.39, 0.29) is 12.3 Å². The largest absolute Gasteiger partial charge is 0.508 e. The predicted molar refractivity (Wildman–Crippen MR) is 82.6 cm³/mol. The number of hydrogen-bond donors (Lipinski definition) is 5. The van der Waals surface area contributed by atoms with Crippen LogP contribution in [0.1, 0.15) is 51.2 Å². The van der Waals surface area contributed by atoms with Gasteiger partial charge < -0.3 is 25.5 Å². The molecule has 1 aromatic rings. The minimum Gasteiger partial charge on any atom is -0.508 e. The van der Waals surface area contributed by atoms with E-state index in [2.05, 4.69) is 6.92 Å². The number of aromatic hydroxyl groups is 1. The molecule has 0 aliphatic carbocycles. The molecule has 6 nitrogen and oxygen atoms in total. The molecule has 0 saturated heterocycles. The third-order valence-corrected chi connectivity index (χ3v) is 3.56. The van der Waals surface area contributed by atoms with Crippen molar-refractivity contribution in [3.8, 4) is 5.75 Å². The van der Waals surface area contributed by atoms with Crippen LogP contribution in [0.25, 0.3) is 0 Å². The van der Waals surface area contributed by atoms with Gasteiger partial charge in [-0.2, -0.15) is 4.90 Å². The second kappa shape index (κ2) is 7.39. The normalized spacial score (nSPS) is 12.9. The summed E-state index contributed by atoms with van der Waals surface area (Å²) >= 11 is 0. The van der Waals surface area contributed by atoms with Crippen LogP contribution in [0.4, 0.5) is 0 Å². The maximum atomic E-state index is 9.93. The molecule has 0 radical (unpaired) electrons. The zero-order valence-electron chi connectivity index (χ0n) is 13.5. The summed E-state index contributed by atoms with van der Waals surface area (Å²) in [7, 11) is 0. The first kappa shape index (κ1) is 18.9. The molecule has 0 bridgehead atoms. The zero-order chi connectivity index (χ0) is 17.0. The van der Waals surface area contributed by atoms with Crippen LogP contribution in [-0.4, -0.2) is 42.3 Å². The van der Waals surface area contributed by atoms with Gasteiger partial charge in [0.2, 0.25) is 11.8 Å². The lowest BCUT2D eigenvalue weighted by Crippen LogP contribution is -2.57. The van der Waals surface area contributed by atoms with Gasteiger partial charge in [-0.05, 0) is 24.5 Å². The fourth-order valence-electron chi connectivity index (χ4n) is 2.37. The Morgan fingerprint density at radius 2 is 1.59 bits per heavy atom. The van der Waals surface area contributed by atoms with Crippen molar-refractivity contribution in [3.05, 3.63) is 29.3 Å². The van der Waals surface area contributed by atoms with Gasteiger partial charge >= 0.3 is 0 Å². The van der Waals surface area contributed by atoms with Gasteiger partial charge in [-0.15, -0.1) is 0 Å². The average Bonchev–Trinajstić information content (AvgIpc) is 2.36. The molecule has 6 heteroatoms. The summed E-state index contributed by atoms with van der Waals surface area (Å²) in [6.45, 7) is 3.95. The highest BCUT2D eigenvalue weighted by atomic mass is 16.6. The summed E-state index contributed by atoms with van der Waals surface area (Å²) < 4.78 is 0. The zero-order valence-corrected chi connectivity index (χ0v) is 13.5. The standard InChI is InChI=1S/C16H27NO5/c1-4-5-6-7-12-8-9-14(18)13(10-12)11-17(15(2,19)20)16(3,21)22/h8-10,18-22H,4-7,11H2,1-3H3. The van der Waals surface area contributed by atoms with E-state index in [1.165, 1.54) is 6.07 Å². The number of unbranched alkanes of at least 4 members (excludes halogenated alkanes) is 2. The Hall–Kier alpha value is -1.18. The average molecular weight is 313 g/mol. The lowest BCUT2D eigenvalue weighted by atomic mass is 10.0. The van der Waals surface area contributed by atoms with E-state index >= 15 is 0 Å². The molecule has 0 atom stereocenters. The third-order valence-electron chi connectivity index (χ3n) is 3.56. The Labute approximate surface area is 131 Å². The number of nitrogens with zero attached hydrogens (tertiary/aromatic N) is 1. The molecular weight excluding hydrogens is 286 g/mol. The molecule has 1 rings (SSSR count). The second-order valence-corrected chi connectivity index (χ2v) is 5.95. The topological polar surface area (TPSA) is 104 Å². The minimum atomic E-state index is -2.44. The van der Waals surface area contributed by atoms with Crippen molar-refractivity contribution < 1.29 is 25.5 Å². The Morgan fingerprint density at radius 1 is 1.00 bits per heavy atom. The fraction of sp³-hybridized carbons (Fsp3) is 0.625. The molecule has 0 aromatic heterocycles. The number of aliphatic hydroxyl groups is 4. The summed E-state index contributed by atoms with van der Waals surface area (Å²) in [5.74, 6) is -4.91. The van der Waals surface area contributed by atoms with Crippen LogP contribution >= 0.6 is 0 Å². The lowest BCUT2D eigenvalue weighted by Gasteiger charge is -2.39. The molecule has 5 N–H and O–H groups in total. The SMILES string of the molecule is CCCCCc1ccc(O)c(CN(C(C)(O)O)C(C)(O)O)c1. The van der Waals surface area contributed by atoms with Crippen molar-refractivity contribution >= 4 is 0 Å². The van der Waals surface area contributed by atoms with E-state index in [1.807, 2.05) is 6.07 Å². The van der Waals surface area contributed by atoms with Crippen LogP contribution in [0.2, 0.25) is 0 Å². The van der Waals surface area contributed by atoms with Crippen molar-refractivity contribution in [1.29, 1.82) is 0 Å². The quantitative estimate of drug-likeness (QED) is 0.365. The van der Waals surface area contributed by atoms with Gasteiger partial charge in [-0.3, -0.25) is 0 Å². The fourth-order valence-corrected chi connectivity index (χ4v) is 2.37. The van der Waals surface area contributed by atoms with Crippen molar-refractivity contribution in [1.82, 2.24) is 4.90 Å². The van der Waals surface area contributed by atoms with Crippen LogP contribution in [-0.2, 0) is 13.0 Å². The van der Waals surface area contributed by atoms with E-state index in [0.717, 1.165) is 45.1 Å². The summed E-state index contributed by atoms with van der Waals surface area (Å²) in [6, 6.07) is 5.09. The highest BCUT2D eigenvalue weighted by Crippen LogP contribution is 2.27. The van der Waals surface area contributed by atoms with E-state index < -0.39 is 11.8 Å². The molecule has 0 aliphatic heterocycles. The first-order valence-corrected chi connectivity index (χ1v) is 7.53. The Bertz CT molecular complexity index is 462. The van der Waals surface area contributed by atoms with Crippen LogP contribution < -0.4 is 0 Å². The molecule has 0 saturated carbocycles. The Morgan fingerprint density at radius 3 is 2.09 bits per heavy atom. The van der Waals surface area contributed by atoms with E-state index in [0.29, 0.717) is 10.5 Å². The smallest absolute Gasteiger partial charge is 0.226 e. The molecule has 0 amide bonds. The summed E-state index contributed by atoms with van der Waals surface area (Å²) in [6.07, 6.45) is 4.10. The van der Waals surface area contributed by atoms with Crippen LogP contribution in [0.15, 0.2) is 18.2 Å². The van der Waals surface area contributed by atoms with Gasteiger partial charge in [0.05, 0.1) is 0 Å². The lowest BCUT2D eigenvalue weighted by molar-refractivity contribution is -0.374. The summed E-state index contributed by atoms with van der Waals surface area (Å²) in [4.78, 5) is 0.672. The molecule has 22 heavy (non-hydrogen) atoms. The molecule has 1 aromatic carbocycles. The van der Waals surface area contributed by atoms with E-state index in [4.69, 9.17) is 0 Å². The Kier molecular flexibility index (Phi) is 6.34. The number of benzene rings is 1. The van der Waals surface area contributed by atoms with Crippen LogP contribution in [0, 0.1) is 0 Å². The first-order chi connectivity index (χ1) is 10.1. The van der Waals surface area contributed by atoms with E-state index in [1.54, 1.807) is 6.07 Å². The number of phenols is 1. The third kappa shape index (κ3) is 5.55. The van der Waals surface area contributed by atoms with Gasteiger partial charge in [-0.25, -0.2) is 0 Å². The van der Waals surface area contributed by atoms with E-state index in [9.17, 15) is 25.5 Å². The minimum absolute atomic E-state index is 0.0299. The van der Waals surface area contributed by atoms with Gasteiger partial charge in [0, 0.05) is 26.0 Å². The number of hydrogen-bond acceptors (Lipinski definition) is 6. The Balaban J connectivity index is 2.97. The molecule has 0 fully saturated rings. The molecule has 0 spiro atoms. The van der Waals surface area contributed by atoms with Crippen LogP contribution in [0.5, 0.6) is 5.75 Å². The van der Waals surface area contributed by atoms with Gasteiger partial charge in [0.25, 0.3) is 0 Å². The van der Waals surface area contributed by atoms with Crippen molar-refractivity contribution in [2.75, 3.05) is 0 Å². The highest BCUT2D eigenvalue weighted by molar-refractivity contribution is 5.36. The van der Waals surface area contributed by atoms with Crippen molar-refractivity contribution in [2.45, 2.75) is 64.8 Å². The van der Waals surface area contributed by atoms with Crippen molar-refractivity contribution in [3.63, 3.8) is 0 Å².